The third kappa shape index (κ3) is 8.94. The highest BCUT2D eigenvalue weighted by Crippen LogP contribution is 2.48. The SMILES string of the molecule is CC[C@H]1OC(=O)[C@H](C)[C@@H](O[C@H]2C[C@@](C)(OC)[C@@H](O)[C@H](C)O2)[C@H](C)[C@@H](O[C@@H]2O[C@H](C)C[C@H]([N+](C)(C)CCO)[C@H]2O)[C@@]2(C)C[C@@H](C)[C@@H](O2)[C@H](C)[C@@H](O)[C@]1(C)O. The number of carbonyl (C=O) groups excluding carboxylic acids is 1. The Labute approximate surface area is 316 Å². The number of likely N-dealkylation sites (N-methyl/N-ethyl adjacent to an activating group) is 1. The molecule has 4 fully saturated rings. The van der Waals surface area contributed by atoms with Crippen LogP contribution in [0.15, 0.2) is 0 Å². The van der Waals surface area contributed by atoms with E-state index in [2.05, 4.69) is 0 Å². The summed E-state index contributed by atoms with van der Waals surface area (Å²) in [5.74, 6) is -2.86. The van der Waals surface area contributed by atoms with Crippen molar-refractivity contribution in [3.05, 3.63) is 0 Å². The first kappa shape index (κ1) is 44.7. The molecule has 0 aliphatic carbocycles. The summed E-state index contributed by atoms with van der Waals surface area (Å²) in [6.45, 7) is 18.5. The summed E-state index contributed by atoms with van der Waals surface area (Å²) in [5, 5.41) is 56.2. The lowest BCUT2D eigenvalue weighted by Crippen LogP contribution is -2.64. The van der Waals surface area contributed by atoms with Gasteiger partial charge in [-0.15, -0.1) is 0 Å². The predicted molar refractivity (Wildman–Crippen MR) is 194 cm³/mol. The number of hydrogen-bond donors (Lipinski definition) is 5. The van der Waals surface area contributed by atoms with Crippen molar-refractivity contribution in [1.82, 2.24) is 0 Å². The Morgan fingerprint density at radius 1 is 0.925 bits per heavy atom. The van der Waals surface area contributed by atoms with Crippen LogP contribution in [0.5, 0.6) is 0 Å². The minimum absolute atomic E-state index is 0.0500. The normalized spacial score (nSPS) is 50.5. The van der Waals surface area contributed by atoms with Crippen molar-refractivity contribution >= 4 is 5.97 Å². The van der Waals surface area contributed by atoms with Crippen LogP contribution in [-0.2, 0) is 38.0 Å². The van der Waals surface area contributed by atoms with Crippen LogP contribution in [0.25, 0.3) is 0 Å². The van der Waals surface area contributed by atoms with Gasteiger partial charge in [0.1, 0.15) is 30.4 Å². The first-order valence-electron chi connectivity index (χ1n) is 19.7. The van der Waals surface area contributed by atoms with E-state index in [1.165, 1.54) is 14.0 Å². The van der Waals surface area contributed by atoms with Gasteiger partial charge < -0.3 is 63.2 Å². The third-order valence-electron chi connectivity index (χ3n) is 13.3. The first-order valence-corrected chi connectivity index (χ1v) is 19.7. The first-order chi connectivity index (χ1) is 24.5. The Morgan fingerprint density at radius 2 is 1.57 bits per heavy atom. The number of nitrogens with zero attached hydrogens (tertiary/aromatic N) is 1. The summed E-state index contributed by atoms with van der Waals surface area (Å²) in [6.07, 6.45) is -8.10. The van der Waals surface area contributed by atoms with Gasteiger partial charge in [-0.05, 0) is 60.3 Å². The quantitative estimate of drug-likeness (QED) is 0.170. The number of carbonyl (C=O) groups is 1. The number of fused-ring (bicyclic) bond motifs is 2. The lowest BCUT2D eigenvalue weighted by atomic mass is 9.76. The molecule has 2 bridgehead atoms. The maximum atomic E-state index is 14.2. The zero-order chi connectivity index (χ0) is 40.0. The van der Waals surface area contributed by atoms with Crippen molar-refractivity contribution in [3.8, 4) is 0 Å². The van der Waals surface area contributed by atoms with Crippen LogP contribution in [0.4, 0.5) is 0 Å². The van der Waals surface area contributed by atoms with Crippen LogP contribution in [-0.4, -0.2) is 161 Å². The van der Waals surface area contributed by atoms with Gasteiger partial charge in [-0.25, -0.2) is 0 Å². The van der Waals surface area contributed by atoms with Crippen LogP contribution >= 0.6 is 0 Å². The number of quaternary nitrogens is 1. The molecule has 4 aliphatic rings. The molecule has 4 saturated heterocycles. The van der Waals surface area contributed by atoms with E-state index in [1.807, 2.05) is 48.7 Å². The Morgan fingerprint density at radius 3 is 2.15 bits per heavy atom. The van der Waals surface area contributed by atoms with Crippen LogP contribution < -0.4 is 0 Å². The van der Waals surface area contributed by atoms with Crippen LogP contribution in [0.2, 0.25) is 0 Å². The molecule has 14 heteroatoms. The highest BCUT2D eigenvalue weighted by molar-refractivity contribution is 5.73. The molecule has 0 amide bonds. The van der Waals surface area contributed by atoms with Crippen molar-refractivity contribution < 1.29 is 68.0 Å². The van der Waals surface area contributed by atoms with E-state index in [-0.39, 0.29) is 37.5 Å². The summed E-state index contributed by atoms with van der Waals surface area (Å²) in [6, 6.07) is -0.315. The highest BCUT2D eigenvalue weighted by atomic mass is 16.7. The molecule has 0 aromatic rings. The van der Waals surface area contributed by atoms with Crippen molar-refractivity contribution in [3.63, 3.8) is 0 Å². The van der Waals surface area contributed by atoms with Crippen molar-refractivity contribution in [2.45, 2.75) is 185 Å². The third-order valence-corrected chi connectivity index (χ3v) is 13.3. The summed E-state index contributed by atoms with van der Waals surface area (Å²) in [5.41, 5.74) is -3.85. The summed E-state index contributed by atoms with van der Waals surface area (Å²) in [4.78, 5) is 14.2. The number of methoxy groups -OCH3 is 1. The Hall–Kier alpha value is -1.01. The van der Waals surface area contributed by atoms with Crippen molar-refractivity contribution in [2.24, 2.45) is 23.7 Å². The predicted octanol–water partition coefficient (Wildman–Crippen LogP) is 2.13. The molecule has 0 aromatic carbocycles. The van der Waals surface area contributed by atoms with E-state index in [1.54, 1.807) is 27.7 Å². The lowest BCUT2D eigenvalue weighted by molar-refractivity contribution is -0.922. The number of esters is 1. The average molecular weight is 763 g/mol. The molecule has 14 nitrogen and oxygen atoms in total. The molecule has 310 valence electrons. The van der Waals surface area contributed by atoms with E-state index in [0.717, 1.165) is 0 Å². The smallest absolute Gasteiger partial charge is 0.311 e. The molecule has 4 aliphatic heterocycles. The Bertz CT molecular complexity index is 1220. The van der Waals surface area contributed by atoms with Crippen LogP contribution in [0.1, 0.15) is 94.9 Å². The molecular weight excluding hydrogens is 690 g/mol. The standard InChI is InChI=1S/C39H72NO13/c1-14-27-39(10,46)32(43)22(4)30-20(2)18-38(9,53-30)34(52-36-29(42)26(17-21(3)48-36)40(11,12)15-16-41)23(5)31(24(6)35(45)50-27)51-28-19-37(8,47-13)33(44)25(7)49-28/h20-34,36,41-44,46H,14-19H2,1-13H3/q+1/t20-,21-,22+,23+,24-,25+,26+,27-,28+,29-,30-,31+,32-,33+,34-,36+,37-,38-,39-/m1/s1. The number of aliphatic hydroxyl groups excluding tert-OH is 4. The number of hydrogen-bond acceptors (Lipinski definition) is 13. The fraction of sp³-hybridized carbons (Fsp3) is 0.974. The van der Waals surface area contributed by atoms with E-state index in [4.69, 9.17) is 33.2 Å². The molecule has 4 heterocycles. The van der Waals surface area contributed by atoms with E-state index < -0.39 is 102 Å². The Balaban J connectivity index is 1.84. The zero-order valence-electron chi connectivity index (χ0n) is 34.4. The second-order valence-electron chi connectivity index (χ2n) is 18.0. The van der Waals surface area contributed by atoms with Gasteiger partial charge in [0.15, 0.2) is 18.7 Å². The van der Waals surface area contributed by atoms with Gasteiger partial charge in [-0.3, -0.25) is 4.79 Å². The molecule has 0 aromatic heterocycles. The second kappa shape index (κ2) is 16.8. The van der Waals surface area contributed by atoms with Crippen molar-refractivity contribution in [2.75, 3.05) is 34.4 Å². The van der Waals surface area contributed by atoms with Crippen LogP contribution in [0, 0.1) is 23.7 Å². The van der Waals surface area contributed by atoms with E-state index in [0.29, 0.717) is 23.9 Å². The average Bonchev–Trinajstić information content (AvgIpc) is 3.40. The maximum Gasteiger partial charge on any atom is 0.311 e. The number of ether oxygens (including phenoxy) is 7. The monoisotopic (exact) mass is 762 g/mol. The van der Waals surface area contributed by atoms with Crippen molar-refractivity contribution in [1.29, 1.82) is 0 Å². The summed E-state index contributed by atoms with van der Waals surface area (Å²) < 4.78 is 45.4. The minimum Gasteiger partial charge on any atom is -0.459 e. The minimum atomic E-state index is -1.80. The number of aliphatic hydroxyl groups is 5. The molecule has 0 spiro atoms. The fourth-order valence-corrected chi connectivity index (χ4v) is 9.81. The van der Waals surface area contributed by atoms with Gasteiger partial charge in [0, 0.05) is 31.8 Å². The molecule has 0 unspecified atom stereocenters. The highest BCUT2D eigenvalue weighted by Gasteiger charge is 2.58. The fourth-order valence-electron chi connectivity index (χ4n) is 9.81. The maximum absolute atomic E-state index is 14.2. The molecule has 5 N–H and O–H groups in total. The molecule has 4 rings (SSSR count). The molecule has 0 radical (unpaired) electrons. The molecular formula is C39H72NO13+. The number of rotatable bonds is 9. The topological polar surface area (TPSA) is 183 Å². The van der Waals surface area contributed by atoms with Gasteiger partial charge in [0.25, 0.3) is 0 Å². The second-order valence-corrected chi connectivity index (χ2v) is 18.0. The molecule has 19 atom stereocenters. The summed E-state index contributed by atoms with van der Waals surface area (Å²) in [7, 11) is 5.45. The zero-order valence-corrected chi connectivity index (χ0v) is 34.4. The molecule has 0 saturated carbocycles. The Kier molecular flexibility index (Phi) is 14.2. The van der Waals surface area contributed by atoms with E-state index >= 15 is 0 Å². The molecule has 53 heavy (non-hydrogen) atoms. The lowest BCUT2D eigenvalue weighted by Gasteiger charge is -2.50. The van der Waals surface area contributed by atoms with Crippen LogP contribution in [0.3, 0.4) is 0 Å². The van der Waals surface area contributed by atoms with E-state index in [9.17, 15) is 30.3 Å². The number of cyclic esters (lactones) is 1. The largest absolute Gasteiger partial charge is 0.459 e. The van der Waals surface area contributed by atoms with Gasteiger partial charge in [0.05, 0.1) is 74.4 Å². The van der Waals surface area contributed by atoms with Gasteiger partial charge in [-0.2, -0.15) is 0 Å². The van der Waals surface area contributed by atoms with Gasteiger partial charge in [-0.1, -0.05) is 27.7 Å². The summed E-state index contributed by atoms with van der Waals surface area (Å²) >= 11 is 0. The van der Waals surface area contributed by atoms with Gasteiger partial charge >= 0.3 is 5.97 Å². The van der Waals surface area contributed by atoms with Gasteiger partial charge in [0.2, 0.25) is 0 Å².